The molecule has 1 aromatic carbocycles. The van der Waals surface area contributed by atoms with E-state index in [2.05, 4.69) is 20.7 Å². The predicted octanol–water partition coefficient (Wildman–Crippen LogP) is 6.70. The number of benzene rings is 1. The van der Waals surface area contributed by atoms with Gasteiger partial charge in [0.15, 0.2) is 0 Å². The normalized spacial score (nSPS) is 20.5. The third-order valence-electron chi connectivity index (χ3n) is 6.85. The minimum Gasteiger partial charge on any atom is -0.382 e. The second kappa shape index (κ2) is 9.94. The van der Waals surface area contributed by atoms with E-state index in [1.807, 2.05) is 0 Å². The van der Waals surface area contributed by atoms with E-state index in [1.165, 1.54) is 18.3 Å². The third kappa shape index (κ3) is 6.00. The molecule has 0 unspecified atom stereocenters. The molecule has 0 saturated heterocycles. The van der Waals surface area contributed by atoms with Crippen molar-refractivity contribution in [2.45, 2.75) is 75.4 Å². The Bertz CT molecular complexity index is 1350. The van der Waals surface area contributed by atoms with Gasteiger partial charge in [0, 0.05) is 34.1 Å². The van der Waals surface area contributed by atoms with Crippen molar-refractivity contribution in [1.82, 2.24) is 20.1 Å². The monoisotopic (exact) mass is 559 g/mol. The summed E-state index contributed by atoms with van der Waals surface area (Å²) in [5.41, 5.74) is -0.206. The second-order valence-corrected chi connectivity index (χ2v) is 10.3. The molecule has 2 saturated carbocycles. The quantitative estimate of drug-likeness (QED) is 0.330. The smallest absolute Gasteiger partial charge is 0.382 e. The number of hydrogen-bond acceptors (Lipinski definition) is 4. The zero-order valence-electron chi connectivity index (χ0n) is 20.0. The molecule has 1 amide bonds. The molecule has 0 bridgehead atoms. The Labute approximate surface area is 218 Å². The van der Waals surface area contributed by atoms with Crippen LogP contribution >= 0.6 is 11.6 Å². The lowest BCUT2D eigenvalue weighted by molar-refractivity contribution is -0.143. The van der Waals surface area contributed by atoms with Crippen LogP contribution in [0.3, 0.4) is 0 Å². The maximum absolute atomic E-state index is 13.5. The van der Waals surface area contributed by atoms with Gasteiger partial charge in [0.05, 0.1) is 23.0 Å². The number of halogens is 7. The first-order chi connectivity index (χ1) is 17.9. The van der Waals surface area contributed by atoms with Gasteiger partial charge in [-0.25, -0.2) is 4.98 Å². The fourth-order valence-corrected chi connectivity index (χ4v) is 5.22. The van der Waals surface area contributed by atoms with Gasteiger partial charge in [0.1, 0.15) is 12.2 Å². The number of amides is 1. The Morgan fingerprint density at radius 2 is 1.79 bits per heavy atom. The van der Waals surface area contributed by atoms with E-state index >= 15 is 0 Å². The van der Waals surface area contributed by atoms with E-state index < -0.39 is 30.5 Å². The van der Waals surface area contributed by atoms with Gasteiger partial charge in [0.2, 0.25) is 0 Å². The average Bonchev–Trinajstić information content (AvgIpc) is 3.57. The van der Waals surface area contributed by atoms with E-state index in [4.69, 9.17) is 11.6 Å². The standard InChI is InChI=1S/C25H24ClF6N5O/c26-14-6-7-19-17(8-14)20(10-21(36-19)25(30,31)32)34-15-2-1-3-16(9-15)35-23(38)18-11-33-37(12-24(27,28)29)22(18)13-4-5-13/h6-8,10-11,13,15-16H,1-5,9,12H2,(H,34,36)(H,35,38)/t15-,16+/m0/s1. The van der Waals surface area contributed by atoms with Crippen LogP contribution in [0.15, 0.2) is 30.5 Å². The summed E-state index contributed by atoms with van der Waals surface area (Å²) in [5.74, 6) is -0.623. The molecule has 2 aliphatic rings. The highest BCUT2D eigenvalue weighted by molar-refractivity contribution is 6.31. The number of hydrogen-bond donors (Lipinski definition) is 2. The summed E-state index contributed by atoms with van der Waals surface area (Å²) in [6.45, 7) is -1.26. The first-order valence-electron chi connectivity index (χ1n) is 12.2. The van der Waals surface area contributed by atoms with Gasteiger partial charge in [-0.3, -0.25) is 9.48 Å². The Morgan fingerprint density at radius 3 is 2.47 bits per heavy atom. The van der Waals surface area contributed by atoms with Crippen LogP contribution in [0.2, 0.25) is 5.02 Å². The van der Waals surface area contributed by atoms with Gasteiger partial charge in [-0.2, -0.15) is 31.4 Å². The van der Waals surface area contributed by atoms with Crippen molar-refractivity contribution in [1.29, 1.82) is 0 Å². The van der Waals surface area contributed by atoms with Gasteiger partial charge < -0.3 is 10.6 Å². The van der Waals surface area contributed by atoms with Crippen molar-refractivity contribution < 1.29 is 31.1 Å². The van der Waals surface area contributed by atoms with E-state index in [9.17, 15) is 31.1 Å². The van der Waals surface area contributed by atoms with Crippen LogP contribution in [0.4, 0.5) is 32.0 Å². The molecule has 0 spiro atoms. The minimum absolute atomic E-state index is 0.129. The van der Waals surface area contributed by atoms with Crippen LogP contribution in [0, 0.1) is 0 Å². The number of alkyl halides is 6. The molecule has 2 aromatic heterocycles. The van der Waals surface area contributed by atoms with Crippen molar-refractivity contribution in [3.63, 3.8) is 0 Å². The van der Waals surface area contributed by atoms with Crippen LogP contribution in [0.1, 0.15) is 66.2 Å². The van der Waals surface area contributed by atoms with Crippen molar-refractivity contribution in [2.24, 2.45) is 0 Å². The summed E-state index contributed by atoms with van der Waals surface area (Å²) < 4.78 is 80.2. The number of aromatic nitrogens is 3. The highest BCUT2D eigenvalue weighted by Crippen LogP contribution is 2.42. The molecule has 2 atom stereocenters. The van der Waals surface area contributed by atoms with Crippen LogP contribution < -0.4 is 10.6 Å². The first kappa shape index (κ1) is 26.6. The predicted molar refractivity (Wildman–Crippen MR) is 129 cm³/mol. The van der Waals surface area contributed by atoms with Gasteiger partial charge in [-0.15, -0.1) is 0 Å². The van der Waals surface area contributed by atoms with Gasteiger partial charge in [0.25, 0.3) is 5.91 Å². The number of nitrogens with zero attached hydrogens (tertiary/aromatic N) is 3. The summed E-state index contributed by atoms with van der Waals surface area (Å²) in [6, 6.07) is 4.84. The number of anilines is 1. The molecule has 0 radical (unpaired) electrons. The molecule has 2 heterocycles. The van der Waals surface area contributed by atoms with Crippen molar-refractivity contribution >= 4 is 34.1 Å². The van der Waals surface area contributed by atoms with E-state index in [-0.39, 0.29) is 34.8 Å². The molecule has 2 aliphatic carbocycles. The number of carbonyl (C=O) groups excluding carboxylic acids is 1. The molecule has 204 valence electrons. The summed E-state index contributed by atoms with van der Waals surface area (Å²) in [6.07, 6.45) is -4.10. The molecule has 2 fully saturated rings. The topological polar surface area (TPSA) is 71.8 Å². The van der Waals surface area contributed by atoms with E-state index in [1.54, 1.807) is 6.07 Å². The fraction of sp³-hybridized carbons (Fsp3) is 0.480. The Balaban J connectivity index is 1.32. The number of pyridine rings is 1. The lowest BCUT2D eigenvalue weighted by Gasteiger charge is -2.31. The number of rotatable bonds is 6. The summed E-state index contributed by atoms with van der Waals surface area (Å²) >= 11 is 6.08. The molecule has 3 aromatic rings. The van der Waals surface area contributed by atoms with Gasteiger partial charge in [-0.05, 0) is 62.8 Å². The zero-order valence-corrected chi connectivity index (χ0v) is 20.7. The molecule has 0 aliphatic heterocycles. The molecule has 5 rings (SSSR count). The van der Waals surface area contributed by atoms with Gasteiger partial charge in [-0.1, -0.05) is 11.6 Å². The molecular formula is C25H24ClF6N5O. The first-order valence-corrected chi connectivity index (χ1v) is 12.6. The molecule has 13 heteroatoms. The van der Waals surface area contributed by atoms with Crippen LogP contribution in [0.25, 0.3) is 10.9 Å². The summed E-state index contributed by atoms with van der Waals surface area (Å²) in [4.78, 5) is 16.8. The largest absolute Gasteiger partial charge is 0.433 e. The third-order valence-corrected chi connectivity index (χ3v) is 7.08. The molecule has 38 heavy (non-hydrogen) atoms. The lowest BCUT2D eigenvalue weighted by atomic mass is 9.90. The zero-order chi connectivity index (χ0) is 27.2. The molecule has 6 nitrogen and oxygen atoms in total. The average molecular weight is 560 g/mol. The van der Waals surface area contributed by atoms with E-state index in [0.717, 1.165) is 10.7 Å². The summed E-state index contributed by atoms with van der Waals surface area (Å²) in [5, 5.41) is 10.7. The SMILES string of the molecule is O=C(N[C@@H]1CCC[C@H](Nc2cc(C(F)(F)F)nc3ccc(Cl)cc23)C1)c1cnn(CC(F)(F)F)c1C1CC1. The fourth-order valence-electron chi connectivity index (χ4n) is 5.05. The van der Waals surface area contributed by atoms with Gasteiger partial charge >= 0.3 is 12.4 Å². The van der Waals surface area contributed by atoms with Crippen molar-refractivity contribution in [2.75, 3.05) is 5.32 Å². The second-order valence-electron chi connectivity index (χ2n) is 9.88. The Kier molecular flexibility index (Phi) is 6.95. The van der Waals surface area contributed by atoms with Crippen LogP contribution in [-0.2, 0) is 12.7 Å². The molecule has 2 N–H and O–H groups in total. The molecular weight excluding hydrogens is 536 g/mol. The minimum atomic E-state index is -4.64. The number of nitrogens with one attached hydrogen (secondary N) is 2. The number of carbonyl (C=O) groups is 1. The van der Waals surface area contributed by atoms with E-state index in [0.29, 0.717) is 54.6 Å². The van der Waals surface area contributed by atoms with Crippen molar-refractivity contribution in [3.8, 4) is 0 Å². The van der Waals surface area contributed by atoms with Crippen LogP contribution in [-0.4, -0.2) is 38.9 Å². The number of fused-ring (bicyclic) bond motifs is 1. The highest BCUT2D eigenvalue weighted by Gasteiger charge is 2.38. The Morgan fingerprint density at radius 1 is 1.05 bits per heavy atom. The highest BCUT2D eigenvalue weighted by atomic mass is 35.5. The van der Waals surface area contributed by atoms with Crippen LogP contribution in [0.5, 0.6) is 0 Å². The van der Waals surface area contributed by atoms with Crippen molar-refractivity contribution in [3.05, 3.63) is 52.4 Å². The maximum Gasteiger partial charge on any atom is 0.433 e. The summed E-state index contributed by atoms with van der Waals surface area (Å²) in [7, 11) is 0. The Hall–Kier alpha value is -3.02. The maximum atomic E-state index is 13.5. The lowest BCUT2D eigenvalue weighted by Crippen LogP contribution is -2.42.